The minimum atomic E-state index is -4.01. The van der Waals surface area contributed by atoms with E-state index in [-0.39, 0.29) is 18.9 Å². The molecule has 19 heavy (non-hydrogen) atoms. The van der Waals surface area contributed by atoms with Gasteiger partial charge in [0.05, 0.1) is 19.1 Å². The summed E-state index contributed by atoms with van der Waals surface area (Å²) in [5, 5.41) is 3.31. The van der Waals surface area contributed by atoms with Crippen molar-refractivity contribution >= 4 is 0 Å². The minimum absolute atomic E-state index is 0.234. The maximum Gasteiger partial charge on any atom is 0.391 e. The predicted molar refractivity (Wildman–Crippen MR) is 67.1 cm³/mol. The predicted octanol–water partition coefficient (Wildman–Crippen LogP) is 2.75. The summed E-state index contributed by atoms with van der Waals surface area (Å²) in [6.45, 7) is 2.64. The Balaban J connectivity index is 1.98. The van der Waals surface area contributed by atoms with Crippen LogP contribution in [0, 0.1) is 5.92 Å². The van der Waals surface area contributed by atoms with E-state index < -0.39 is 12.1 Å². The van der Waals surface area contributed by atoms with E-state index >= 15 is 0 Å². The van der Waals surface area contributed by atoms with Crippen LogP contribution in [0.5, 0.6) is 0 Å². The number of hydrogen-bond donors (Lipinski definition) is 1. The fourth-order valence-corrected chi connectivity index (χ4v) is 2.35. The van der Waals surface area contributed by atoms with Crippen LogP contribution in [0.2, 0.25) is 0 Å². The van der Waals surface area contributed by atoms with E-state index in [1.165, 1.54) is 0 Å². The first-order chi connectivity index (χ1) is 9.04. The summed E-state index contributed by atoms with van der Waals surface area (Å²) >= 11 is 0. The third kappa shape index (κ3) is 7.13. The standard InChI is InChI=1S/C13H24F3NO2/c1-18-9-10-19-8-2-7-17-12-5-3-11(4-6-12)13(14,15)16/h11-12,17H,2-10H2,1H3. The largest absolute Gasteiger partial charge is 0.391 e. The smallest absolute Gasteiger partial charge is 0.382 e. The molecular weight excluding hydrogens is 259 g/mol. The van der Waals surface area contributed by atoms with Crippen LogP contribution in [0.25, 0.3) is 0 Å². The van der Waals surface area contributed by atoms with Gasteiger partial charge in [0.15, 0.2) is 0 Å². The third-order valence-corrected chi connectivity index (χ3v) is 3.52. The molecule has 6 heteroatoms. The van der Waals surface area contributed by atoms with E-state index in [0.29, 0.717) is 32.7 Å². The SMILES string of the molecule is COCCOCCCNC1CCC(C(F)(F)F)CC1. The second-order valence-corrected chi connectivity index (χ2v) is 5.00. The van der Waals surface area contributed by atoms with Gasteiger partial charge in [0, 0.05) is 19.8 Å². The lowest BCUT2D eigenvalue weighted by atomic mass is 9.85. The summed E-state index contributed by atoms with van der Waals surface area (Å²) in [6, 6.07) is 0.234. The summed E-state index contributed by atoms with van der Waals surface area (Å²) in [7, 11) is 1.63. The van der Waals surface area contributed by atoms with Gasteiger partial charge in [-0.15, -0.1) is 0 Å². The van der Waals surface area contributed by atoms with Gasteiger partial charge in [0.2, 0.25) is 0 Å². The van der Waals surface area contributed by atoms with Crippen molar-refractivity contribution in [1.29, 1.82) is 0 Å². The number of nitrogens with one attached hydrogen (secondary N) is 1. The molecule has 0 heterocycles. The molecule has 0 aromatic heterocycles. The zero-order valence-electron chi connectivity index (χ0n) is 11.5. The van der Waals surface area contributed by atoms with Gasteiger partial charge in [-0.2, -0.15) is 13.2 Å². The quantitative estimate of drug-likeness (QED) is 0.695. The van der Waals surface area contributed by atoms with Crippen LogP contribution in [-0.2, 0) is 9.47 Å². The fourth-order valence-electron chi connectivity index (χ4n) is 2.35. The first kappa shape index (κ1) is 16.7. The Morgan fingerprint density at radius 2 is 1.74 bits per heavy atom. The second-order valence-electron chi connectivity index (χ2n) is 5.00. The van der Waals surface area contributed by atoms with Crippen LogP contribution in [0.4, 0.5) is 13.2 Å². The van der Waals surface area contributed by atoms with Gasteiger partial charge in [-0.05, 0) is 38.6 Å². The van der Waals surface area contributed by atoms with E-state index in [1.54, 1.807) is 7.11 Å². The normalized spacial score (nSPS) is 24.6. The molecule has 0 aromatic carbocycles. The minimum Gasteiger partial charge on any atom is -0.382 e. The van der Waals surface area contributed by atoms with Gasteiger partial charge >= 0.3 is 6.18 Å². The van der Waals surface area contributed by atoms with Crippen LogP contribution < -0.4 is 5.32 Å². The number of rotatable bonds is 8. The molecule has 0 radical (unpaired) electrons. The number of alkyl halides is 3. The molecule has 0 aromatic rings. The first-order valence-corrected chi connectivity index (χ1v) is 6.91. The first-order valence-electron chi connectivity index (χ1n) is 6.91. The van der Waals surface area contributed by atoms with E-state index in [2.05, 4.69) is 5.32 Å². The van der Waals surface area contributed by atoms with Gasteiger partial charge in [-0.25, -0.2) is 0 Å². The fraction of sp³-hybridized carbons (Fsp3) is 1.00. The van der Waals surface area contributed by atoms with Crippen LogP contribution in [-0.4, -0.2) is 45.7 Å². The highest BCUT2D eigenvalue weighted by molar-refractivity contribution is 4.80. The molecule has 0 aliphatic heterocycles. The maximum absolute atomic E-state index is 12.5. The van der Waals surface area contributed by atoms with Crippen LogP contribution in [0.3, 0.4) is 0 Å². The van der Waals surface area contributed by atoms with Crippen LogP contribution in [0.1, 0.15) is 32.1 Å². The Morgan fingerprint density at radius 3 is 2.32 bits per heavy atom. The molecular formula is C13H24F3NO2. The highest BCUT2D eigenvalue weighted by Gasteiger charge is 2.41. The zero-order valence-corrected chi connectivity index (χ0v) is 11.5. The summed E-state index contributed by atoms with van der Waals surface area (Å²) in [5.41, 5.74) is 0. The van der Waals surface area contributed by atoms with E-state index in [9.17, 15) is 13.2 Å². The molecule has 1 aliphatic carbocycles. The number of halogens is 3. The topological polar surface area (TPSA) is 30.5 Å². The summed E-state index contributed by atoms with van der Waals surface area (Å²) in [5.74, 6) is -1.09. The molecule has 0 spiro atoms. The molecule has 1 N–H and O–H groups in total. The van der Waals surface area contributed by atoms with Gasteiger partial charge < -0.3 is 14.8 Å². The molecule has 0 atom stereocenters. The Morgan fingerprint density at radius 1 is 1.05 bits per heavy atom. The summed E-state index contributed by atoms with van der Waals surface area (Å²) in [6.07, 6.45) is -1.39. The number of hydrogen-bond acceptors (Lipinski definition) is 3. The lowest BCUT2D eigenvalue weighted by Gasteiger charge is -2.30. The summed E-state index contributed by atoms with van der Waals surface area (Å²) in [4.78, 5) is 0. The van der Waals surface area contributed by atoms with Crippen molar-refractivity contribution in [3.8, 4) is 0 Å². The average molecular weight is 283 g/mol. The molecule has 0 saturated heterocycles. The molecule has 1 rings (SSSR count). The monoisotopic (exact) mass is 283 g/mol. The Labute approximate surface area is 112 Å². The maximum atomic E-state index is 12.5. The lowest BCUT2D eigenvalue weighted by molar-refractivity contribution is -0.182. The molecule has 0 bridgehead atoms. The van der Waals surface area contributed by atoms with E-state index in [0.717, 1.165) is 13.0 Å². The average Bonchev–Trinajstić information content (AvgIpc) is 2.37. The van der Waals surface area contributed by atoms with E-state index in [1.807, 2.05) is 0 Å². The van der Waals surface area contributed by atoms with Gasteiger partial charge in [0.1, 0.15) is 0 Å². The highest BCUT2D eigenvalue weighted by Crippen LogP contribution is 2.37. The van der Waals surface area contributed by atoms with Gasteiger partial charge in [-0.3, -0.25) is 0 Å². The Kier molecular flexibility index (Phi) is 7.71. The molecule has 114 valence electrons. The summed E-state index contributed by atoms with van der Waals surface area (Å²) < 4.78 is 47.6. The molecule has 0 amide bonds. The van der Waals surface area contributed by atoms with Gasteiger partial charge in [-0.1, -0.05) is 0 Å². The van der Waals surface area contributed by atoms with Crippen molar-refractivity contribution in [1.82, 2.24) is 5.32 Å². The lowest BCUT2D eigenvalue weighted by Crippen LogP contribution is -2.37. The van der Waals surface area contributed by atoms with Crippen molar-refractivity contribution in [3.63, 3.8) is 0 Å². The molecule has 3 nitrogen and oxygen atoms in total. The van der Waals surface area contributed by atoms with Crippen LogP contribution >= 0.6 is 0 Å². The van der Waals surface area contributed by atoms with Crippen molar-refractivity contribution in [2.24, 2.45) is 5.92 Å². The molecule has 0 unspecified atom stereocenters. The third-order valence-electron chi connectivity index (χ3n) is 3.52. The van der Waals surface area contributed by atoms with Crippen molar-refractivity contribution in [3.05, 3.63) is 0 Å². The second kappa shape index (κ2) is 8.76. The van der Waals surface area contributed by atoms with Crippen molar-refractivity contribution in [2.75, 3.05) is 33.5 Å². The van der Waals surface area contributed by atoms with E-state index in [4.69, 9.17) is 9.47 Å². The van der Waals surface area contributed by atoms with Crippen LogP contribution in [0.15, 0.2) is 0 Å². The van der Waals surface area contributed by atoms with Crippen molar-refractivity contribution in [2.45, 2.75) is 44.3 Å². The molecule has 1 saturated carbocycles. The Bertz CT molecular complexity index is 228. The number of methoxy groups -OCH3 is 1. The number of ether oxygens (including phenoxy) is 2. The molecule has 1 fully saturated rings. The van der Waals surface area contributed by atoms with Gasteiger partial charge in [0.25, 0.3) is 0 Å². The van der Waals surface area contributed by atoms with Crippen molar-refractivity contribution < 1.29 is 22.6 Å². The zero-order chi connectivity index (χ0) is 14.1. The molecule has 1 aliphatic rings. The Hall–Kier alpha value is -0.330. The highest BCUT2D eigenvalue weighted by atomic mass is 19.4.